The minimum atomic E-state index is -0.559. The first-order chi connectivity index (χ1) is 9.06. The second-order valence-electron chi connectivity index (χ2n) is 4.16. The van der Waals surface area contributed by atoms with Gasteiger partial charge in [-0.3, -0.25) is 19.8 Å². The van der Waals surface area contributed by atoms with Crippen LogP contribution in [-0.2, 0) is 4.79 Å². The van der Waals surface area contributed by atoms with Crippen molar-refractivity contribution in [1.29, 1.82) is 0 Å². The fraction of sp³-hybridized carbons (Fsp3) is 0.333. The van der Waals surface area contributed by atoms with E-state index in [1.165, 1.54) is 24.1 Å². The molecule has 1 atom stereocenters. The van der Waals surface area contributed by atoms with Crippen LogP contribution in [-0.4, -0.2) is 29.5 Å². The first-order valence-electron chi connectivity index (χ1n) is 5.69. The Labute approximate surface area is 109 Å². The van der Waals surface area contributed by atoms with E-state index in [1.54, 1.807) is 6.08 Å². The van der Waals surface area contributed by atoms with E-state index >= 15 is 0 Å². The van der Waals surface area contributed by atoms with E-state index in [0.29, 0.717) is 13.0 Å². The van der Waals surface area contributed by atoms with Crippen LogP contribution >= 0.6 is 0 Å². The molecule has 1 aliphatic rings. The van der Waals surface area contributed by atoms with Crippen LogP contribution in [0.25, 0.3) is 0 Å². The van der Waals surface area contributed by atoms with E-state index in [9.17, 15) is 14.9 Å². The second-order valence-corrected chi connectivity index (χ2v) is 4.16. The molecule has 1 aromatic rings. The van der Waals surface area contributed by atoms with Crippen molar-refractivity contribution in [3.05, 3.63) is 34.9 Å². The molecule has 7 nitrogen and oxygen atoms in total. The molecule has 0 radical (unpaired) electrons. The zero-order valence-electron chi connectivity index (χ0n) is 10.4. The van der Waals surface area contributed by atoms with Crippen LogP contribution in [0.4, 0.5) is 11.5 Å². The summed E-state index contributed by atoms with van der Waals surface area (Å²) in [7, 11) is 1.41. The number of carbonyl (C=O) groups is 1. The van der Waals surface area contributed by atoms with Gasteiger partial charge in [0.25, 0.3) is 0 Å². The van der Waals surface area contributed by atoms with E-state index in [0.717, 1.165) is 0 Å². The fourth-order valence-electron chi connectivity index (χ4n) is 1.98. The van der Waals surface area contributed by atoms with E-state index in [2.05, 4.69) is 11.6 Å². The summed E-state index contributed by atoms with van der Waals surface area (Å²) in [6.07, 6.45) is 1.96. The van der Waals surface area contributed by atoms with Gasteiger partial charge < -0.3 is 4.74 Å². The third-order valence-electron chi connectivity index (χ3n) is 2.98. The molecule has 0 bridgehead atoms. The number of amides is 1. The lowest BCUT2D eigenvalue weighted by Crippen LogP contribution is -2.26. The molecule has 100 valence electrons. The van der Waals surface area contributed by atoms with Crippen molar-refractivity contribution in [1.82, 2.24) is 4.98 Å². The number of anilines is 1. The Bertz CT molecular complexity index is 544. The zero-order chi connectivity index (χ0) is 14.0. The summed E-state index contributed by atoms with van der Waals surface area (Å²) in [4.78, 5) is 27.7. The van der Waals surface area contributed by atoms with Gasteiger partial charge in [0.15, 0.2) is 0 Å². The standard InChI is InChI=1S/C12H13N3O4/c1-3-8-6-11(16)14(7-8)12-9(15(17)18)4-5-10(13-12)19-2/h3-5,8H,1,6-7H2,2H3. The maximum atomic E-state index is 11.9. The molecule has 0 aromatic carbocycles. The van der Waals surface area contributed by atoms with Gasteiger partial charge in [-0.05, 0) is 0 Å². The molecule has 2 heterocycles. The third kappa shape index (κ3) is 2.40. The monoisotopic (exact) mass is 263 g/mol. The van der Waals surface area contributed by atoms with Gasteiger partial charge in [-0.25, -0.2) is 0 Å². The molecule has 7 heteroatoms. The Morgan fingerprint density at radius 2 is 2.37 bits per heavy atom. The van der Waals surface area contributed by atoms with Crippen LogP contribution in [0.5, 0.6) is 5.88 Å². The maximum absolute atomic E-state index is 11.9. The van der Waals surface area contributed by atoms with Crippen LogP contribution < -0.4 is 9.64 Å². The summed E-state index contributed by atoms with van der Waals surface area (Å²) in [5, 5.41) is 11.0. The molecule has 1 saturated heterocycles. The number of hydrogen-bond donors (Lipinski definition) is 0. The van der Waals surface area contributed by atoms with Crippen molar-refractivity contribution in [2.24, 2.45) is 5.92 Å². The summed E-state index contributed by atoms with van der Waals surface area (Å²) >= 11 is 0. The molecule has 1 unspecified atom stereocenters. The molecular weight excluding hydrogens is 250 g/mol. The van der Waals surface area contributed by atoms with E-state index in [1.807, 2.05) is 0 Å². The van der Waals surface area contributed by atoms with Crippen LogP contribution in [0.2, 0.25) is 0 Å². The Balaban J connectivity index is 2.45. The highest BCUT2D eigenvalue weighted by Crippen LogP contribution is 2.32. The number of rotatable bonds is 4. The highest BCUT2D eigenvalue weighted by atomic mass is 16.6. The topological polar surface area (TPSA) is 85.6 Å². The largest absolute Gasteiger partial charge is 0.481 e. The number of aromatic nitrogens is 1. The highest BCUT2D eigenvalue weighted by Gasteiger charge is 2.34. The van der Waals surface area contributed by atoms with Crippen LogP contribution in [0.15, 0.2) is 24.8 Å². The van der Waals surface area contributed by atoms with E-state index < -0.39 is 4.92 Å². The van der Waals surface area contributed by atoms with Crippen molar-refractivity contribution in [3.8, 4) is 5.88 Å². The molecule has 0 N–H and O–H groups in total. The molecule has 0 spiro atoms. The Morgan fingerprint density at radius 1 is 1.63 bits per heavy atom. The quantitative estimate of drug-likeness (QED) is 0.467. The van der Waals surface area contributed by atoms with Gasteiger partial charge in [-0.15, -0.1) is 6.58 Å². The number of carbonyl (C=O) groups excluding carboxylic acids is 1. The lowest BCUT2D eigenvalue weighted by molar-refractivity contribution is -0.384. The second kappa shape index (κ2) is 5.05. The zero-order valence-corrected chi connectivity index (χ0v) is 10.4. The molecule has 1 aromatic heterocycles. The van der Waals surface area contributed by atoms with Crippen molar-refractivity contribution >= 4 is 17.4 Å². The van der Waals surface area contributed by atoms with Gasteiger partial charge in [0.1, 0.15) is 0 Å². The smallest absolute Gasteiger partial charge is 0.312 e. The van der Waals surface area contributed by atoms with Crippen molar-refractivity contribution in [2.75, 3.05) is 18.6 Å². The molecule has 0 aliphatic carbocycles. The number of ether oxygens (including phenoxy) is 1. The average Bonchev–Trinajstić information content (AvgIpc) is 2.79. The summed E-state index contributed by atoms with van der Waals surface area (Å²) in [6.45, 7) is 3.99. The highest BCUT2D eigenvalue weighted by molar-refractivity contribution is 5.97. The summed E-state index contributed by atoms with van der Waals surface area (Å²) in [6, 6.07) is 2.68. The minimum absolute atomic E-state index is 0.0138. The number of methoxy groups -OCH3 is 1. The normalized spacial score (nSPS) is 18.5. The Hall–Kier alpha value is -2.44. The Morgan fingerprint density at radius 3 is 2.89 bits per heavy atom. The van der Waals surface area contributed by atoms with Crippen LogP contribution in [0, 0.1) is 16.0 Å². The Kier molecular flexibility index (Phi) is 3.46. The van der Waals surface area contributed by atoms with Crippen LogP contribution in [0.1, 0.15) is 6.42 Å². The van der Waals surface area contributed by atoms with Gasteiger partial charge in [0.2, 0.25) is 17.6 Å². The average molecular weight is 263 g/mol. The van der Waals surface area contributed by atoms with Crippen molar-refractivity contribution in [3.63, 3.8) is 0 Å². The van der Waals surface area contributed by atoms with Gasteiger partial charge in [-0.1, -0.05) is 6.08 Å². The fourth-order valence-corrected chi connectivity index (χ4v) is 1.98. The first-order valence-corrected chi connectivity index (χ1v) is 5.69. The number of nitrogens with zero attached hydrogens (tertiary/aromatic N) is 3. The molecule has 19 heavy (non-hydrogen) atoms. The number of pyridine rings is 1. The van der Waals surface area contributed by atoms with Crippen molar-refractivity contribution in [2.45, 2.75) is 6.42 Å². The lowest BCUT2D eigenvalue weighted by Gasteiger charge is -2.15. The number of hydrogen-bond acceptors (Lipinski definition) is 5. The van der Waals surface area contributed by atoms with E-state index in [4.69, 9.17) is 4.74 Å². The molecule has 1 fully saturated rings. The predicted molar refractivity (Wildman–Crippen MR) is 68.1 cm³/mol. The SMILES string of the molecule is C=CC1CC(=O)N(c2nc(OC)ccc2[N+](=O)[O-])C1. The maximum Gasteiger partial charge on any atom is 0.312 e. The van der Waals surface area contributed by atoms with Gasteiger partial charge >= 0.3 is 5.69 Å². The summed E-state index contributed by atoms with van der Waals surface area (Å²) in [5.41, 5.74) is -0.209. The molecule has 1 aliphatic heterocycles. The van der Waals surface area contributed by atoms with Gasteiger partial charge in [-0.2, -0.15) is 4.98 Å². The minimum Gasteiger partial charge on any atom is -0.481 e. The molecule has 0 saturated carbocycles. The number of nitro groups is 1. The van der Waals surface area contributed by atoms with Crippen LogP contribution in [0.3, 0.4) is 0 Å². The summed E-state index contributed by atoms with van der Waals surface area (Å²) < 4.78 is 4.95. The van der Waals surface area contributed by atoms with Gasteiger partial charge in [0, 0.05) is 31.0 Å². The predicted octanol–water partition coefficient (Wildman–Crippen LogP) is 1.54. The lowest BCUT2D eigenvalue weighted by atomic mass is 10.1. The van der Waals surface area contributed by atoms with E-state index in [-0.39, 0.29) is 29.2 Å². The third-order valence-corrected chi connectivity index (χ3v) is 2.98. The van der Waals surface area contributed by atoms with Gasteiger partial charge in [0.05, 0.1) is 12.0 Å². The molecule has 1 amide bonds. The first kappa shape index (κ1) is 13.0. The van der Waals surface area contributed by atoms with Crippen molar-refractivity contribution < 1.29 is 14.5 Å². The molecule has 2 rings (SSSR count). The summed E-state index contributed by atoms with van der Waals surface area (Å²) in [5.74, 6) is 0.0445. The molecular formula is C12H13N3O4.